The monoisotopic (exact) mass is 406 g/mol. The molecule has 2 aromatic rings. The number of amides is 1. The highest BCUT2D eigenvalue weighted by atomic mass is 35.5. The fourth-order valence-corrected chi connectivity index (χ4v) is 3.39. The predicted molar refractivity (Wildman–Crippen MR) is 106 cm³/mol. The van der Waals surface area contributed by atoms with Crippen molar-refractivity contribution in [3.05, 3.63) is 40.7 Å². The van der Waals surface area contributed by atoms with Crippen LogP contribution in [0.4, 0.5) is 0 Å². The quantitative estimate of drug-likeness (QED) is 0.785. The molecule has 0 spiro atoms. The van der Waals surface area contributed by atoms with Crippen LogP contribution in [0.1, 0.15) is 38.1 Å². The van der Waals surface area contributed by atoms with E-state index in [0.717, 1.165) is 5.56 Å². The van der Waals surface area contributed by atoms with E-state index in [4.69, 9.17) is 11.6 Å². The number of tetrazole rings is 1. The number of aliphatic hydroxyl groups is 1. The normalized spacial score (nSPS) is 16.8. The molecule has 0 saturated carbocycles. The lowest BCUT2D eigenvalue weighted by molar-refractivity contribution is -0.136. The Hall–Kier alpha value is -2.03. The molecule has 0 unspecified atom stereocenters. The molecule has 1 aromatic carbocycles. The summed E-state index contributed by atoms with van der Waals surface area (Å²) in [6.45, 7) is 5.84. The van der Waals surface area contributed by atoms with E-state index in [9.17, 15) is 9.90 Å². The number of rotatable bonds is 6. The summed E-state index contributed by atoms with van der Waals surface area (Å²) in [5.74, 6) is 0.623. The zero-order chi connectivity index (χ0) is 20.3. The Morgan fingerprint density at radius 3 is 2.54 bits per heavy atom. The Labute approximate surface area is 170 Å². The van der Waals surface area contributed by atoms with Gasteiger partial charge in [-0.1, -0.05) is 23.7 Å². The third-order valence-corrected chi connectivity index (χ3v) is 5.74. The van der Waals surface area contributed by atoms with E-state index in [1.807, 2.05) is 19.2 Å². The largest absolute Gasteiger partial charge is 0.385 e. The van der Waals surface area contributed by atoms with Gasteiger partial charge in [-0.3, -0.25) is 9.69 Å². The predicted octanol–water partition coefficient (Wildman–Crippen LogP) is 1.68. The van der Waals surface area contributed by atoms with Crippen LogP contribution in [0.25, 0.3) is 0 Å². The maximum atomic E-state index is 12.7. The summed E-state index contributed by atoms with van der Waals surface area (Å²) in [5, 5.41) is 23.3. The number of nitrogens with zero attached hydrogens (tertiary/aromatic N) is 6. The van der Waals surface area contributed by atoms with Crippen molar-refractivity contribution in [3.8, 4) is 0 Å². The van der Waals surface area contributed by atoms with Crippen LogP contribution in [0.5, 0.6) is 0 Å². The highest BCUT2D eigenvalue weighted by Crippen LogP contribution is 2.33. The Balaban J connectivity index is 1.59. The molecule has 9 heteroatoms. The van der Waals surface area contributed by atoms with Crippen LogP contribution in [-0.4, -0.2) is 67.2 Å². The summed E-state index contributed by atoms with van der Waals surface area (Å²) in [7, 11) is 1.99. The lowest BCUT2D eigenvalue weighted by Gasteiger charge is -2.38. The third kappa shape index (κ3) is 4.68. The average Bonchev–Trinajstić information content (AvgIpc) is 3.09. The van der Waals surface area contributed by atoms with Crippen LogP contribution in [0.2, 0.25) is 5.02 Å². The Kier molecular flexibility index (Phi) is 6.32. The Bertz CT molecular complexity index is 799. The number of halogens is 1. The topological polar surface area (TPSA) is 87.4 Å². The maximum absolute atomic E-state index is 12.7. The number of carbonyl (C=O) groups is 1. The zero-order valence-electron chi connectivity index (χ0n) is 16.5. The van der Waals surface area contributed by atoms with Gasteiger partial charge in [-0.2, -0.15) is 0 Å². The van der Waals surface area contributed by atoms with E-state index < -0.39 is 5.60 Å². The minimum Gasteiger partial charge on any atom is -0.385 e. The standard InChI is InChI=1S/C19H27ClN6O2/c1-14(2)24(3)12-17-21-22-23-26(17)13-18(27)25-10-8-19(28,9-11-25)15-4-6-16(20)7-5-15/h4-7,14,28H,8-13H2,1-3H3. The second-order valence-electron chi connectivity index (χ2n) is 7.68. The van der Waals surface area contributed by atoms with E-state index >= 15 is 0 Å². The number of likely N-dealkylation sites (tertiary alicyclic amines) is 1. The first-order valence-electron chi connectivity index (χ1n) is 9.50. The molecule has 3 rings (SSSR count). The van der Waals surface area contributed by atoms with Crippen molar-refractivity contribution in [1.82, 2.24) is 30.0 Å². The van der Waals surface area contributed by atoms with Crippen molar-refractivity contribution < 1.29 is 9.90 Å². The molecule has 2 heterocycles. The molecule has 1 fully saturated rings. The van der Waals surface area contributed by atoms with Crippen LogP contribution in [-0.2, 0) is 23.5 Å². The molecule has 0 radical (unpaired) electrons. The lowest BCUT2D eigenvalue weighted by Crippen LogP contribution is -2.46. The second kappa shape index (κ2) is 8.55. The van der Waals surface area contributed by atoms with E-state index in [0.29, 0.717) is 49.4 Å². The van der Waals surface area contributed by atoms with Gasteiger partial charge in [0.1, 0.15) is 6.54 Å². The van der Waals surface area contributed by atoms with Gasteiger partial charge in [-0.05, 0) is 61.9 Å². The molecule has 28 heavy (non-hydrogen) atoms. The van der Waals surface area contributed by atoms with Gasteiger partial charge in [-0.25, -0.2) is 4.68 Å². The van der Waals surface area contributed by atoms with E-state index in [1.54, 1.807) is 21.7 Å². The number of hydrogen-bond donors (Lipinski definition) is 1. The number of benzene rings is 1. The van der Waals surface area contributed by atoms with Gasteiger partial charge in [0.05, 0.1) is 12.1 Å². The van der Waals surface area contributed by atoms with E-state index in [-0.39, 0.29) is 12.5 Å². The maximum Gasteiger partial charge on any atom is 0.244 e. The first-order chi connectivity index (χ1) is 13.3. The van der Waals surface area contributed by atoms with Crippen molar-refractivity contribution in [2.75, 3.05) is 20.1 Å². The highest BCUT2D eigenvalue weighted by molar-refractivity contribution is 6.30. The van der Waals surface area contributed by atoms with Gasteiger partial charge in [0.15, 0.2) is 5.82 Å². The summed E-state index contributed by atoms with van der Waals surface area (Å²) >= 11 is 5.93. The van der Waals surface area contributed by atoms with Crippen LogP contribution in [0.3, 0.4) is 0 Å². The van der Waals surface area contributed by atoms with Gasteiger partial charge in [0.25, 0.3) is 0 Å². The van der Waals surface area contributed by atoms with Crippen molar-refractivity contribution in [3.63, 3.8) is 0 Å². The summed E-state index contributed by atoms with van der Waals surface area (Å²) in [5.41, 5.74) is -0.0927. The SMILES string of the molecule is CC(C)N(C)Cc1nnnn1CC(=O)N1CCC(O)(c2ccc(Cl)cc2)CC1. The fourth-order valence-electron chi connectivity index (χ4n) is 3.27. The van der Waals surface area contributed by atoms with Crippen LogP contribution < -0.4 is 0 Å². The molecule has 1 N–H and O–H groups in total. The number of aromatic nitrogens is 4. The molecule has 1 amide bonds. The van der Waals surface area contributed by atoms with Gasteiger partial charge >= 0.3 is 0 Å². The molecule has 8 nitrogen and oxygen atoms in total. The lowest BCUT2D eigenvalue weighted by atomic mass is 9.84. The number of piperidine rings is 1. The number of carbonyl (C=O) groups excluding carboxylic acids is 1. The van der Waals surface area contributed by atoms with Crippen LogP contribution >= 0.6 is 11.6 Å². The zero-order valence-corrected chi connectivity index (χ0v) is 17.3. The minimum atomic E-state index is -0.929. The average molecular weight is 407 g/mol. The number of hydrogen-bond acceptors (Lipinski definition) is 6. The first-order valence-corrected chi connectivity index (χ1v) is 9.88. The highest BCUT2D eigenvalue weighted by Gasteiger charge is 2.35. The fraction of sp³-hybridized carbons (Fsp3) is 0.579. The van der Waals surface area contributed by atoms with E-state index in [2.05, 4.69) is 34.3 Å². The molecular formula is C19H27ClN6O2. The van der Waals surface area contributed by atoms with Gasteiger partial charge in [-0.15, -0.1) is 5.10 Å². The van der Waals surface area contributed by atoms with Crippen molar-refractivity contribution in [1.29, 1.82) is 0 Å². The van der Waals surface area contributed by atoms with Gasteiger partial charge in [0.2, 0.25) is 5.91 Å². The molecule has 1 aliphatic rings. The molecular weight excluding hydrogens is 380 g/mol. The van der Waals surface area contributed by atoms with Crippen LogP contribution in [0, 0.1) is 0 Å². The molecule has 0 bridgehead atoms. The summed E-state index contributed by atoms with van der Waals surface area (Å²) < 4.78 is 1.56. The van der Waals surface area contributed by atoms with Crippen molar-refractivity contribution in [2.24, 2.45) is 0 Å². The van der Waals surface area contributed by atoms with Gasteiger partial charge in [0, 0.05) is 24.2 Å². The summed E-state index contributed by atoms with van der Waals surface area (Å²) in [4.78, 5) is 16.6. The molecule has 1 aliphatic heterocycles. The Morgan fingerprint density at radius 2 is 1.93 bits per heavy atom. The van der Waals surface area contributed by atoms with E-state index in [1.165, 1.54) is 0 Å². The summed E-state index contributed by atoms with van der Waals surface area (Å²) in [6.07, 6.45) is 0.970. The second-order valence-corrected chi connectivity index (χ2v) is 8.12. The minimum absolute atomic E-state index is 0.0427. The molecule has 152 valence electrons. The third-order valence-electron chi connectivity index (χ3n) is 5.49. The van der Waals surface area contributed by atoms with Crippen LogP contribution in [0.15, 0.2) is 24.3 Å². The molecule has 0 aliphatic carbocycles. The van der Waals surface area contributed by atoms with Crippen molar-refractivity contribution in [2.45, 2.75) is 51.4 Å². The smallest absolute Gasteiger partial charge is 0.244 e. The molecule has 1 aromatic heterocycles. The first kappa shape index (κ1) is 20.7. The van der Waals surface area contributed by atoms with Gasteiger partial charge < -0.3 is 10.0 Å². The Morgan fingerprint density at radius 1 is 1.29 bits per heavy atom. The molecule has 0 atom stereocenters. The molecule has 1 saturated heterocycles. The summed E-state index contributed by atoms with van der Waals surface area (Å²) in [6, 6.07) is 7.60. The van der Waals surface area contributed by atoms with Crippen molar-refractivity contribution >= 4 is 17.5 Å².